The summed E-state index contributed by atoms with van der Waals surface area (Å²) in [4.78, 5) is 2.76. The van der Waals surface area contributed by atoms with Gasteiger partial charge in [-0.15, -0.1) is 0 Å². The molecule has 1 N–H and O–H groups in total. The number of nitrogens with one attached hydrogen (secondary N) is 1. The molecule has 2 fully saturated rings. The summed E-state index contributed by atoms with van der Waals surface area (Å²) in [6.07, 6.45) is 5.28. The number of hydrogen-bond acceptors (Lipinski definition) is 3. The zero-order valence-corrected chi connectivity index (χ0v) is 13.1. The molecule has 110 valence electrons. The van der Waals surface area contributed by atoms with Crippen LogP contribution in [0.5, 0.6) is 0 Å². The predicted octanol–water partition coefficient (Wildman–Crippen LogP) is 2.79. The van der Waals surface area contributed by atoms with Crippen LogP contribution in [0.25, 0.3) is 0 Å². The van der Waals surface area contributed by atoms with E-state index in [9.17, 15) is 0 Å². The van der Waals surface area contributed by atoms with E-state index >= 15 is 0 Å². The predicted molar refractivity (Wildman–Crippen MR) is 88.5 cm³/mol. The molecule has 2 saturated heterocycles. The van der Waals surface area contributed by atoms with Gasteiger partial charge in [0.05, 0.1) is 0 Å². The van der Waals surface area contributed by atoms with Gasteiger partial charge in [0.2, 0.25) is 0 Å². The van der Waals surface area contributed by atoms with E-state index in [4.69, 9.17) is 0 Å². The molecule has 0 amide bonds. The zero-order chi connectivity index (χ0) is 13.6. The molecule has 2 atom stereocenters. The standard InChI is InChI=1S/C17H26N2S/c1-2-6-15(7-3-1)12-16-13-19(10-5-9-18-16)17-8-4-11-20-14-17/h1-3,6-7,16-18H,4-5,8-14H2. The van der Waals surface area contributed by atoms with E-state index in [1.54, 1.807) is 0 Å². The first-order valence-electron chi connectivity index (χ1n) is 8.01. The van der Waals surface area contributed by atoms with E-state index in [1.165, 1.54) is 56.0 Å². The van der Waals surface area contributed by atoms with Gasteiger partial charge >= 0.3 is 0 Å². The number of thioether (sulfide) groups is 1. The van der Waals surface area contributed by atoms with Crippen molar-refractivity contribution >= 4 is 11.8 Å². The highest BCUT2D eigenvalue weighted by Gasteiger charge is 2.25. The molecule has 3 heteroatoms. The van der Waals surface area contributed by atoms with Crippen LogP contribution in [0.3, 0.4) is 0 Å². The number of benzene rings is 1. The lowest BCUT2D eigenvalue weighted by molar-refractivity contribution is 0.196. The first kappa shape index (κ1) is 14.4. The Morgan fingerprint density at radius 2 is 2.10 bits per heavy atom. The monoisotopic (exact) mass is 290 g/mol. The molecule has 2 nitrogen and oxygen atoms in total. The third kappa shape index (κ3) is 4.00. The minimum absolute atomic E-state index is 0.617. The van der Waals surface area contributed by atoms with Crippen LogP contribution in [0.2, 0.25) is 0 Å². The van der Waals surface area contributed by atoms with Crippen LogP contribution in [0.4, 0.5) is 0 Å². The van der Waals surface area contributed by atoms with Crippen LogP contribution in [0.15, 0.2) is 30.3 Å². The smallest absolute Gasteiger partial charge is 0.0235 e. The van der Waals surface area contributed by atoms with Crippen LogP contribution in [0.1, 0.15) is 24.8 Å². The number of nitrogens with zero attached hydrogens (tertiary/aromatic N) is 1. The van der Waals surface area contributed by atoms with Crippen molar-refractivity contribution in [2.75, 3.05) is 31.1 Å². The van der Waals surface area contributed by atoms with E-state index in [0.717, 1.165) is 12.5 Å². The Labute approximate surface area is 127 Å². The van der Waals surface area contributed by atoms with Gasteiger partial charge < -0.3 is 5.32 Å². The molecule has 0 saturated carbocycles. The second-order valence-electron chi connectivity index (χ2n) is 6.06. The Bertz CT molecular complexity index is 389. The lowest BCUT2D eigenvalue weighted by Crippen LogP contribution is -2.45. The average molecular weight is 290 g/mol. The highest BCUT2D eigenvalue weighted by molar-refractivity contribution is 7.99. The summed E-state index contributed by atoms with van der Waals surface area (Å²) in [5.74, 6) is 2.72. The first-order chi connectivity index (χ1) is 9.92. The maximum Gasteiger partial charge on any atom is 0.0235 e. The zero-order valence-electron chi connectivity index (χ0n) is 12.3. The molecule has 0 aliphatic carbocycles. The van der Waals surface area contributed by atoms with Crippen molar-refractivity contribution in [3.8, 4) is 0 Å². The maximum absolute atomic E-state index is 3.75. The lowest BCUT2D eigenvalue weighted by Gasteiger charge is -2.34. The molecule has 2 heterocycles. The van der Waals surface area contributed by atoms with Gasteiger partial charge in [-0.1, -0.05) is 30.3 Å². The lowest BCUT2D eigenvalue weighted by atomic mass is 10.0. The Hall–Kier alpha value is -0.510. The molecule has 1 aromatic carbocycles. The van der Waals surface area contributed by atoms with Gasteiger partial charge in [0.25, 0.3) is 0 Å². The molecule has 2 unspecified atom stereocenters. The fourth-order valence-electron chi connectivity index (χ4n) is 3.41. The molecule has 2 aliphatic heterocycles. The van der Waals surface area contributed by atoms with Crippen molar-refractivity contribution in [1.82, 2.24) is 10.2 Å². The van der Waals surface area contributed by atoms with Gasteiger partial charge in [-0.3, -0.25) is 4.90 Å². The van der Waals surface area contributed by atoms with Gasteiger partial charge in [0, 0.05) is 24.4 Å². The maximum atomic E-state index is 3.75. The molecule has 1 aromatic rings. The Balaban J connectivity index is 1.59. The molecule has 0 bridgehead atoms. The Morgan fingerprint density at radius 3 is 2.90 bits per heavy atom. The number of rotatable bonds is 3. The molecule has 3 rings (SSSR count). The minimum Gasteiger partial charge on any atom is -0.312 e. The van der Waals surface area contributed by atoms with Gasteiger partial charge in [-0.25, -0.2) is 0 Å². The number of hydrogen-bond donors (Lipinski definition) is 1. The van der Waals surface area contributed by atoms with Crippen molar-refractivity contribution in [3.63, 3.8) is 0 Å². The molecule has 0 radical (unpaired) electrons. The van der Waals surface area contributed by atoms with Crippen LogP contribution in [-0.2, 0) is 6.42 Å². The first-order valence-corrected chi connectivity index (χ1v) is 9.16. The summed E-state index contributed by atoms with van der Waals surface area (Å²) >= 11 is 2.15. The van der Waals surface area contributed by atoms with Gasteiger partial charge in [-0.2, -0.15) is 11.8 Å². The second kappa shape index (κ2) is 7.48. The van der Waals surface area contributed by atoms with Gasteiger partial charge in [0.15, 0.2) is 0 Å². The minimum atomic E-state index is 0.617. The highest BCUT2D eigenvalue weighted by Crippen LogP contribution is 2.23. The van der Waals surface area contributed by atoms with E-state index in [1.807, 2.05) is 0 Å². The van der Waals surface area contributed by atoms with E-state index in [0.29, 0.717) is 6.04 Å². The molecular formula is C17H26N2S. The quantitative estimate of drug-likeness (QED) is 0.921. The van der Waals surface area contributed by atoms with Crippen molar-refractivity contribution in [1.29, 1.82) is 0 Å². The van der Waals surface area contributed by atoms with Crippen molar-refractivity contribution in [2.24, 2.45) is 0 Å². The van der Waals surface area contributed by atoms with Gasteiger partial charge in [0.1, 0.15) is 0 Å². The Morgan fingerprint density at radius 1 is 1.20 bits per heavy atom. The van der Waals surface area contributed by atoms with Crippen LogP contribution in [0, 0.1) is 0 Å². The van der Waals surface area contributed by atoms with Crippen molar-refractivity contribution in [3.05, 3.63) is 35.9 Å². The van der Waals surface area contributed by atoms with Crippen molar-refractivity contribution < 1.29 is 0 Å². The Kier molecular flexibility index (Phi) is 5.40. The van der Waals surface area contributed by atoms with E-state index < -0.39 is 0 Å². The van der Waals surface area contributed by atoms with E-state index in [2.05, 4.69) is 52.3 Å². The fourth-order valence-corrected chi connectivity index (χ4v) is 4.59. The highest BCUT2D eigenvalue weighted by atomic mass is 32.2. The molecule has 0 spiro atoms. The average Bonchev–Trinajstić information content (AvgIpc) is 2.75. The summed E-state index contributed by atoms with van der Waals surface area (Å²) in [6, 6.07) is 12.4. The third-order valence-electron chi connectivity index (χ3n) is 4.49. The molecular weight excluding hydrogens is 264 g/mol. The largest absolute Gasteiger partial charge is 0.312 e. The molecule has 20 heavy (non-hydrogen) atoms. The third-order valence-corrected chi connectivity index (χ3v) is 5.69. The SMILES string of the molecule is c1ccc(CC2CN(C3CCCSC3)CCCN2)cc1. The summed E-state index contributed by atoms with van der Waals surface area (Å²) in [5.41, 5.74) is 1.46. The van der Waals surface area contributed by atoms with E-state index in [-0.39, 0.29) is 0 Å². The second-order valence-corrected chi connectivity index (χ2v) is 7.21. The fraction of sp³-hybridized carbons (Fsp3) is 0.647. The molecule has 0 aromatic heterocycles. The van der Waals surface area contributed by atoms with Crippen LogP contribution in [-0.4, -0.2) is 48.1 Å². The molecule has 2 aliphatic rings. The summed E-state index contributed by atoms with van der Waals surface area (Å²) < 4.78 is 0. The summed E-state index contributed by atoms with van der Waals surface area (Å²) in [6.45, 7) is 3.68. The topological polar surface area (TPSA) is 15.3 Å². The van der Waals surface area contributed by atoms with Crippen molar-refractivity contribution in [2.45, 2.75) is 37.8 Å². The van der Waals surface area contributed by atoms with Crippen LogP contribution < -0.4 is 5.32 Å². The normalized spacial score (nSPS) is 29.0. The van der Waals surface area contributed by atoms with Crippen LogP contribution >= 0.6 is 11.8 Å². The summed E-state index contributed by atoms with van der Waals surface area (Å²) in [5, 5.41) is 3.75. The van der Waals surface area contributed by atoms with Gasteiger partial charge in [-0.05, 0) is 50.1 Å². The summed E-state index contributed by atoms with van der Waals surface area (Å²) in [7, 11) is 0.